The highest BCUT2D eigenvalue weighted by Crippen LogP contribution is 2.25. The summed E-state index contributed by atoms with van der Waals surface area (Å²) in [6.45, 7) is 5.49. The van der Waals surface area contributed by atoms with Crippen LogP contribution in [0.5, 0.6) is 0 Å². The minimum Gasteiger partial charge on any atom is -0.341 e. The summed E-state index contributed by atoms with van der Waals surface area (Å²) in [6.07, 6.45) is 4.25. The second kappa shape index (κ2) is 7.38. The number of hydrogen-bond donors (Lipinski definition) is 1. The molecular formula is C14H25N3O. The molecule has 2 atom stereocenters. The molecule has 18 heavy (non-hydrogen) atoms. The highest BCUT2D eigenvalue weighted by molar-refractivity contribution is 5.79. The maximum Gasteiger partial charge on any atom is 0.225 e. The summed E-state index contributed by atoms with van der Waals surface area (Å²) in [5, 5.41) is 8.68. The highest BCUT2D eigenvalue weighted by atomic mass is 16.2. The van der Waals surface area contributed by atoms with E-state index in [1.807, 2.05) is 4.90 Å². The molecule has 0 heterocycles. The van der Waals surface area contributed by atoms with Crippen molar-refractivity contribution in [2.75, 3.05) is 13.1 Å². The third-order valence-corrected chi connectivity index (χ3v) is 3.45. The Labute approximate surface area is 110 Å². The van der Waals surface area contributed by atoms with Crippen LogP contribution in [-0.4, -0.2) is 29.9 Å². The van der Waals surface area contributed by atoms with Crippen molar-refractivity contribution in [2.45, 2.75) is 52.0 Å². The first kappa shape index (κ1) is 15.0. The van der Waals surface area contributed by atoms with Crippen molar-refractivity contribution >= 4 is 5.91 Å². The van der Waals surface area contributed by atoms with Crippen LogP contribution in [0.1, 0.15) is 46.0 Å². The van der Waals surface area contributed by atoms with Crippen molar-refractivity contribution in [1.82, 2.24) is 4.90 Å². The summed E-state index contributed by atoms with van der Waals surface area (Å²) < 4.78 is 0. The van der Waals surface area contributed by atoms with Crippen LogP contribution < -0.4 is 5.73 Å². The zero-order valence-corrected chi connectivity index (χ0v) is 11.6. The van der Waals surface area contributed by atoms with Gasteiger partial charge in [-0.05, 0) is 25.2 Å². The van der Waals surface area contributed by atoms with Crippen LogP contribution in [0.4, 0.5) is 0 Å². The molecule has 1 fully saturated rings. The zero-order chi connectivity index (χ0) is 13.5. The molecule has 1 amide bonds. The van der Waals surface area contributed by atoms with Crippen molar-refractivity contribution in [1.29, 1.82) is 5.26 Å². The smallest absolute Gasteiger partial charge is 0.225 e. The quantitative estimate of drug-likeness (QED) is 0.811. The minimum atomic E-state index is 0.0752. The SMILES string of the molecule is CC(C)CN(CCC#N)C(=O)C1CCCC(N)C1. The fourth-order valence-electron chi connectivity index (χ4n) is 2.63. The van der Waals surface area contributed by atoms with Gasteiger partial charge in [0.1, 0.15) is 0 Å². The first-order chi connectivity index (χ1) is 8.54. The van der Waals surface area contributed by atoms with Gasteiger partial charge in [-0.2, -0.15) is 5.26 Å². The first-order valence-corrected chi connectivity index (χ1v) is 6.96. The molecule has 0 aliphatic heterocycles. The van der Waals surface area contributed by atoms with Crippen LogP contribution in [-0.2, 0) is 4.79 Å². The van der Waals surface area contributed by atoms with Crippen LogP contribution in [0.3, 0.4) is 0 Å². The van der Waals surface area contributed by atoms with Gasteiger partial charge in [-0.25, -0.2) is 0 Å². The fraction of sp³-hybridized carbons (Fsp3) is 0.857. The zero-order valence-electron chi connectivity index (χ0n) is 11.6. The van der Waals surface area contributed by atoms with E-state index in [-0.39, 0.29) is 17.9 Å². The Morgan fingerprint density at radius 1 is 1.50 bits per heavy atom. The van der Waals surface area contributed by atoms with Crippen molar-refractivity contribution in [3.63, 3.8) is 0 Å². The maximum absolute atomic E-state index is 12.4. The van der Waals surface area contributed by atoms with Gasteiger partial charge in [-0.1, -0.05) is 20.3 Å². The Kier molecular flexibility index (Phi) is 6.14. The van der Waals surface area contributed by atoms with Gasteiger partial charge in [0.15, 0.2) is 0 Å². The summed E-state index contributed by atoms with van der Waals surface area (Å²) in [7, 11) is 0. The Hall–Kier alpha value is -1.08. The lowest BCUT2D eigenvalue weighted by Gasteiger charge is -2.32. The highest BCUT2D eigenvalue weighted by Gasteiger charge is 2.28. The number of nitriles is 1. The second-order valence-corrected chi connectivity index (χ2v) is 5.71. The van der Waals surface area contributed by atoms with Gasteiger partial charge >= 0.3 is 0 Å². The molecule has 1 aliphatic carbocycles. The fourth-order valence-corrected chi connectivity index (χ4v) is 2.63. The molecule has 1 saturated carbocycles. The molecule has 2 unspecified atom stereocenters. The average Bonchev–Trinajstić information content (AvgIpc) is 2.33. The van der Waals surface area contributed by atoms with E-state index in [1.165, 1.54) is 0 Å². The van der Waals surface area contributed by atoms with Crippen molar-refractivity contribution < 1.29 is 4.79 Å². The van der Waals surface area contributed by atoms with Gasteiger partial charge in [-0.3, -0.25) is 4.79 Å². The largest absolute Gasteiger partial charge is 0.341 e. The summed E-state index contributed by atoms with van der Waals surface area (Å²) in [5.41, 5.74) is 5.94. The normalized spacial score (nSPS) is 23.7. The number of amides is 1. The summed E-state index contributed by atoms with van der Waals surface area (Å²) in [5.74, 6) is 0.713. The molecule has 0 aromatic rings. The lowest BCUT2D eigenvalue weighted by atomic mass is 9.85. The number of nitrogens with zero attached hydrogens (tertiary/aromatic N) is 2. The number of nitrogens with two attached hydrogens (primary N) is 1. The lowest BCUT2D eigenvalue weighted by molar-refractivity contribution is -0.137. The van der Waals surface area contributed by atoms with Gasteiger partial charge in [0, 0.05) is 25.0 Å². The molecule has 0 bridgehead atoms. The van der Waals surface area contributed by atoms with Gasteiger partial charge in [-0.15, -0.1) is 0 Å². The summed E-state index contributed by atoms with van der Waals surface area (Å²) in [6, 6.07) is 2.29. The molecule has 102 valence electrons. The summed E-state index contributed by atoms with van der Waals surface area (Å²) >= 11 is 0. The van der Waals surface area contributed by atoms with E-state index in [9.17, 15) is 4.79 Å². The van der Waals surface area contributed by atoms with E-state index >= 15 is 0 Å². The lowest BCUT2D eigenvalue weighted by Crippen LogP contribution is -2.42. The third-order valence-electron chi connectivity index (χ3n) is 3.45. The predicted octanol–water partition coefficient (Wildman–Crippen LogP) is 1.90. The molecule has 0 aromatic heterocycles. The molecule has 1 aliphatic rings. The van der Waals surface area contributed by atoms with Crippen molar-refractivity contribution in [3.05, 3.63) is 0 Å². The van der Waals surface area contributed by atoms with E-state index in [2.05, 4.69) is 19.9 Å². The standard InChI is InChI=1S/C14H25N3O/c1-11(2)10-17(8-4-7-15)14(18)12-5-3-6-13(16)9-12/h11-13H,3-6,8-10,16H2,1-2H3. The van der Waals surface area contributed by atoms with E-state index in [0.717, 1.165) is 32.2 Å². The van der Waals surface area contributed by atoms with Gasteiger partial charge < -0.3 is 10.6 Å². The molecule has 1 rings (SSSR count). The van der Waals surface area contributed by atoms with Crippen LogP contribution in [0, 0.1) is 23.2 Å². The van der Waals surface area contributed by atoms with Gasteiger partial charge in [0.25, 0.3) is 0 Å². The first-order valence-electron chi connectivity index (χ1n) is 6.96. The second-order valence-electron chi connectivity index (χ2n) is 5.71. The van der Waals surface area contributed by atoms with Crippen LogP contribution in [0.2, 0.25) is 0 Å². The molecule has 4 heteroatoms. The minimum absolute atomic E-state index is 0.0752. The van der Waals surface area contributed by atoms with Crippen LogP contribution in [0.15, 0.2) is 0 Å². The summed E-state index contributed by atoms with van der Waals surface area (Å²) in [4.78, 5) is 14.3. The average molecular weight is 251 g/mol. The predicted molar refractivity (Wildman–Crippen MR) is 71.6 cm³/mol. The molecule has 4 nitrogen and oxygen atoms in total. The Morgan fingerprint density at radius 3 is 2.78 bits per heavy atom. The molecule has 0 spiro atoms. The van der Waals surface area contributed by atoms with E-state index in [1.54, 1.807) is 0 Å². The topological polar surface area (TPSA) is 70.1 Å². The number of rotatable bonds is 5. The Morgan fingerprint density at radius 2 is 2.22 bits per heavy atom. The van der Waals surface area contributed by atoms with Crippen molar-refractivity contribution in [2.24, 2.45) is 17.6 Å². The molecule has 0 aromatic carbocycles. The molecular weight excluding hydrogens is 226 g/mol. The van der Waals surface area contributed by atoms with Crippen LogP contribution in [0.25, 0.3) is 0 Å². The number of hydrogen-bond acceptors (Lipinski definition) is 3. The third kappa shape index (κ3) is 4.66. The number of carbonyl (C=O) groups excluding carboxylic acids is 1. The monoisotopic (exact) mass is 251 g/mol. The Balaban J connectivity index is 2.59. The van der Waals surface area contributed by atoms with E-state index < -0.39 is 0 Å². The van der Waals surface area contributed by atoms with Gasteiger partial charge in [0.05, 0.1) is 12.5 Å². The van der Waals surface area contributed by atoms with E-state index in [4.69, 9.17) is 11.0 Å². The maximum atomic E-state index is 12.4. The molecule has 2 N–H and O–H groups in total. The molecule has 0 saturated heterocycles. The van der Waals surface area contributed by atoms with Gasteiger partial charge in [0.2, 0.25) is 5.91 Å². The van der Waals surface area contributed by atoms with Crippen LogP contribution >= 0.6 is 0 Å². The van der Waals surface area contributed by atoms with Crippen molar-refractivity contribution in [3.8, 4) is 6.07 Å². The Bertz CT molecular complexity index is 309. The molecule has 0 radical (unpaired) electrons. The number of carbonyl (C=O) groups is 1. The van der Waals surface area contributed by atoms with E-state index in [0.29, 0.717) is 18.9 Å².